The summed E-state index contributed by atoms with van der Waals surface area (Å²) < 4.78 is 41.7. The maximum Gasteiger partial charge on any atom is 0.393 e. The van der Waals surface area contributed by atoms with Crippen LogP contribution in [0, 0.1) is 5.92 Å². The highest BCUT2D eigenvalue weighted by Gasteiger charge is 2.48. The van der Waals surface area contributed by atoms with Crippen molar-refractivity contribution in [1.29, 1.82) is 0 Å². The highest BCUT2D eigenvalue weighted by atomic mass is 35.5. The summed E-state index contributed by atoms with van der Waals surface area (Å²) in [6.45, 7) is -0.255. The van der Waals surface area contributed by atoms with Crippen molar-refractivity contribution in [3.63, 3.8) is 0 Å². The quantitative estimate of drug-likeness (QED) is 0.761. The van der Waals surface area contributed by atoms with Crippen LogP contribution in [0.1, 0.15) is 55.1 Å². The maximum absolute atomic E-state index is 13.3. The van der Waals surface area contributed by atoms with Crippen molar-refractivity contribution in [2.45, 2.75) is 56.8 Å². The van der Waals surface area contributed by atoms with Crippen molar-refractivity contribution in [1.82, 2.24) is 20.0 Å². The first kappa shape index (κ1) is 21.0. The summed E-state index contributed by atoms with van der Waals surface area (Å²) in [5, 5.41) is 6.68. The van der Waals surface area contributed by atoms with Crippen molar-refractivity contribution in [3.05, 3.63) is 18.0 Å². The molecule has 2 heterocycles. The fraction of sp³-hybridized carbons (Fsp3) is 0.722. The van der Waals surface area contributed by atoms with Crippen LogP contribution < -0.4 is 5.32 Å². The summed E-state index contributed by atoms with van der Waals surface area (Å²) in [7, 11) is 0. The van der Waals surface area contributed by atoms with Gasteiger partial charge in [0.2, 0.25) is 5.91 Å². The molecule has 0 spiro atoms. The van der Waals surface area contributed by atoms with Gasteiger partial charge in [0.25, 0.3) is 5.91 Å². The molecular weight excluding hydrogens is 397 g/mol. The monoisotopic (exact) mass is 420 g/mol. The van der Waals surface area contributed by atoms with E-state index in [-0.39, 0.29) is 31.2 Å². The van der Waals surface area contributed by atoms with E-state index in [2.05, 4.69) is 10.4 Å². The number of alkyl halides is 4. The van der Waals surface area contributed by atoms with Crippen LogP contribution in [-0.4, -0.2) is 57.7 Å². The molecule has 1 aliphatic carbocycles. The van der Waals surface area contributed by atoms with E-state index < -0.39 is 35.8 Å². The summed E-state index contributed by atoms with van der Waals surface area (Å²) >= 11 is 5.42. The molecule has 1 N–H and O–H groups in total. The molecule has 2 fully saturated rings. The van der Waals surface area contributed by atoms with Gasteiger partial charge in [0.05, 0.1) is 18.0 Å². The van der Waals surface area contributed by atoms with Crippen molar-refractivity contribution >= 4 is 23.4 Å². The number of piperidine rings is 1. The molecule has 10 heteroatoms. The molecule has 6 nitrogen and oxygen atoms in total. The molecule has 1 aromatic rings. The second-order valence-corrected chi connectivity index (χ2v) is 7.74. The number of nitrogens with zero attached hydrogens (tertiary/aromatic N) is 3. The number of hydrogen-bond acceptors (Lipinski definition) is 3. The number of carbonyl (C=O) groups excluding carboxylic acids is 2. The van der Waals surface area contributed by atoms with Gasteiger partial charge in [-0.1, -0.05) is 19.3 Å². The molecule has 1 aliphatic heterocycles. The molecule has 1 saturated carbocycles. The van der Waals surface area contributed by atoms with Gasteiger partial charge in [-0.3, -0.25) is 14.3 Å². The van der Waals surface area contributed by atoms with Crippen LogP contribution in [0.15, 0.2) is 12.3 Å². The van der Waals surface area contributed by atoms with Crippen LogP contribution in [0.3, 0.4) is 0 Å². The Kier molecular flexibility index (Phi) is 6.52. The number of amides is 2. The number of hydrogen-bond donors (Lipinski definition) is 1. The third-order valence-corrected chi connectivity index (χ3v) is 5.81. The Bertz CT molecular complexity index is 703. The fourth-order valence-corrected chi connectivity index (χ4v) is 4.16. The lowest BCUT2D eigenvalue weighted by Crippen LogP contribution is -2.57. The van der Waals surface area contributed by atoms with Gasteiger partial charge < -0.3 is 10.2 Å². The Hall–Kier alpha value is -1.77. The van der Waals surface area contributed by atoms with Crippen LogP contribution in [0.2, 0.25) is 0 Å². The molecule has 1 aromatic heterocycles. The topological polar surface area (TPSA) is 67.2 Å². The minimum Gasteiger partial charge on any atom is -0.350 e. The second kappa shape index (κ2) is 8.71. The van der Waals surface area contributed by atoms with Crippen molar-refractivity contribution < 1.29 is 22.8 Å². The van der Waals surface area contributed by atoms with E-state index in [1.807, 2.05) is 0 Å². The zero-order valence-corrected chi connectivity index (χ0v) is 16.2. The Morgan fingerprint density at radius 1 is 1.21 bits per heavy atom. The lowest BCUT2D eigenvalue weighted by atomic mass is 9.90. The number of carbonyl (C=O) groups is 2. The van der Waals surface area contributed by atoms with Crippen molar-refractivity contribution in [3.8, 4) is 0 Å². The third kappa shape index (κ3) is 4.79. The normalized spacial score (nSPS) is 24.2. The molecule has 1 saturated heterocycles. The minimum absolute atomic E-state index is 0.0352. The lowest BCUT2D eigenvalue weighted by Gasteiger charge is -2.39. The summed E-state index contributed by atoms with van der Waals surface area (Å²) in [4.78, 5) is 25.7. The molecule has 2 unspecified atom stereocenters. The molecule has 156 valence electrons. The number of likely N-dealkylation sites (tertiary alicyclic amines) is 1. The minimum atomic E-state index is -4.46. The number of aromatic nitrogens is 2. The summed E-state index contributed by atoms with van der Waals surface area (Å²) in [6, 6.07) is 0.658. The van der Waals surface area contributed by atoms with Gasteiger partial charge in [0.15, 0.2) is 0 Å². The van der Waals surface area contributed by atoms with Gasteiger partial charge in [0, 0.05) is 19.3 Å². The van der Waals surface area contributed by atoms with Crippen LogP contribution in [0.5, 0.6) is 0 Å². The Morgan fingerprint density at radius 3 is 2.57 bits per heavy atom. The van der Waals surface area contributed by atoms with E-state index in [0.29, 0.717) is 0 Å². The Labute approximate surface area is 166 Å². The first-order chi connectivity index (χ1) is 13.3. The largest absolute Gasteiger partial charge is 0.393 e. The molecular formula is C18H24ClF3N4O2. The first-order valence-electron chi connectivity index (χ1n) is 9.56. The maximum atomic E-state index is 13.3. The molecule has 2 aliphatic rings. The summed E-state index contributed by atoms with van der Waals surface area (Å²) in [6.07, 6.45) is 2.51. The number of rotatable bonds is 4. The standard InChI is InChI=1S/C18H24ClF3N4O2/c19-10-16(27)23-15-11-25(8-6-13(15)18(20,21)22)17(28)14-7-9-26(24-14)12-4-2-1-3-5-12/h7,9,12-13,15H,1-6,8,10-11H2,(H,23,27). The van der Waals surface area contributed by atoms with Gasteiger partial charge in [-0.05, 0) is 25.3 Å². The summed E-state index contributed by atoms with van der Waals surface area (Å²) in [5.74, 6) is -3.23. The van der Waals surface area contributed by atoms with Crippen molar-refractivity contribution in [2.75, 3.05) is 19.0 Å². The van der Waals surface area contributed by atoms with Gasteiger partial charge in [-0.15, -0.1) is 11.6 Å². The predicted octanol–water partition coefficient (Wildman–Crippen LogP) is 3.14. The molecule has 0 aromatic carbocycles. The van der Waals surface area contributed by atoms with E-state index in [4.69, 9.17) is 11.6 Å². The second-order valence-electron chi connectivity index (χ2n) is 7.47. The zero-order chi connectivity index (χ0) is 20.3. The van der Waals surface area contributed by atoms with Gasteiger partial charge in [-0.25, -0.2) is 0 Å². The number of nitrogens with one attached hydrogen (secondary N) is 1. The zero-order valence-electron chi connectivity index (χ0n) is 15.4. The van der Waals surface area contributed by atoms with Crippen molar-refractivity contribution in [2.24, 2.45) is 5.92 Å². The SMILES string of the molecule is O=C(CCl)NC1CN(C(=O)c2ccn(C3CCCCC3)n2)CCC1C(F)(F)F. The van der Waals surface area contributed by atoms with Crippen LogP contribution in [0.25, 0.3) is 0 Å². The fourth-order valence-electron chi connectivity index (χ4n) is 4.08. The van der Waals surface area contributed by atoms with Crippen LogP contribution in [-0.2, 0) is 4.79 Å². The predicted molar refractivity (Wildman–Crippen MR) is 97.1 cm³/mol. The molecule has 3 rings (SSSR count). The average molecular weight is 421 g/mol. The Balaban J connectivity index is 1.70. The molecule has 0 radical (unpaired) electrons. The first-order valence-corrected chi connectivity index (χ1v) is 10.1. The van der Waals surface area contributed by atoms with Gasteiger partial charge in [-0.2, -0.15) is 18.3 Å². The van der Waals surface area contributed by atoms with E-state index >= 15 is 0 Å². The molecule has 2 atom stereocenters. The number of halogens is 4. The highest BCUT2D eigenvalue weighted by molar-refractivity contribution is 6.27. The molecule has 2 amide bonds. The van der Waals surface area contributed by atoms with Gasteiger partial charge in [0.1, 0.15) is 11.6 Å². The van der Waals surface area contributed by atoms with E-state index in [1.54, 1.807) is 16.9 Å². The van der Waals surface area contributed by atoms with Gasteiger partial charge >= 0.3 is 6.18 Å². The molecule has 0 bridgehead atoms. The van der Waals surface area contributed by atoms with Crippen LogP contribution in [0.4, 0.5) is 13.2 Å². The van der Waals surface area contributed by atoms with E-state index in [1.165, 1.54) is 11.3 Å². The highest BCUT2D eigenvalue weighted by Crippen LogP contribution is 2.35. The third-order valence-electron chi connectivity index (χ3n) is 5.56. The average Bonchev–Trinajstić information content (AvgIpc) is 3.17. The van der Waals surface area contributed by atoms with E-state index in [0.717, 1.165) is 25.7 Å². The Morgan fingerprint density at radius 2 is 1.93 bits per heavy atom. The van der Waals surface area contributed by atoms with E-state index in [9.17, 15) is 22.8 Å². The van der Waals surface area contributed by atoms with Crippen LogP contribution >= 0.6 is 11.6 Å². The smallest absolute Gasteiger partial charge is 0.350 e. The lowest BCUT2D eigenvalue weighted by molar-refractivity contribution is -0.191. The summed E-state index contributed by atoms with van der Waals surface area (Å²) in [5.41, 5.74) is 0.221. The molecule has 28 heavy (non-hydrogen) atoms.